The van der Waals surface area contributed by atoms with E-state index in [9.17, 15) is 18.2 Å². The lowest BCUT2D eigenvalue weighted by molar-refractivity contribution is -0.117. The molecule has 1 aromatic heterocycles. The minimum absolute atomic E-state index is 0.0297. The Morgan fingerprint density at radius 3 is 2.19 bits per heavy atom. The van der Waals surface area contributed by atoms with Crippen LogP contribution in [0.1, 0.15) is 47.8 Å². The van der Waals surface area contributed by atoms with E-state index in [0.29, 0.717) is 43.0 Å². The van der Waals surface area contributed by atoms with E-state index in [1.54, 1.807) is 55.5 Å². The summed E-state index contributed by atoms with van der Waals surface area (Å²) in [5.41, 5.74) is 2.84. The van der Waals surface area contributed by atoms with E-state index in [0.717, 1.165) is 18.4 Å². The van der Waals surface area contributed by atoms with Crippen molar-refractivity contribution in [2.75, 3.05) is 5.75 Å². The Morgan fingerprint density at radius 1 is 0.917 bits per heavy atom. The van der Waals surface area contributed by atoms with E-state index in [2.05, 4.69) is 14.5 Å². The second-order valence-corrected chi connectivity index (χ2v) is 14.9. The van der Waals surface area contributed by atoms with Crippen LogP contribution in [0.4, 0.5) is 9.18 Å². The Kier molecular flexibility index (Phi) is 9.78. The maximum absolute atomic E-state index is 13.5. The molecule has 246 valence electrons. The van der Waals surface area contributed by atoms with Crippen LogP contribution in [-0.4, -0.2) is 32.0 Å². The van der Waals surface area contributed by atoms with E-state index in [1.807, 2.05) is 30.3 Å². The fourth-order valence-electron chi connectivity index (χ4n) is 5.51. The number of ketones is 1. The first kappa shape index (κ1) is 33.5. The molecule has 0 aliphatic heterocycles. The maximum atomic E-state index is 13.5. The Labute approximate surface area is 287 Å². The number of benzene rings is 4. The number of Topliss-reactive ketones (excluding diaryl/α,β-unsaturated/α-hetero) is 1. The van der Waals surface area contributed by atoms with Crippen molar-refractivity contribution in [3.63, 3.8) is 0 Å². The fourth-order valence-corrected chi connectivity index (χ4v) is 7.83. The van der Waals surface area contributed by atoms with Gasteiger partial charge in [0.15, 0.2) is 5.82 Å². The van der Waals surface area contributed by atoms with Gasteiger partial charge in [0, 0.05) is 44.7 Å². The lowest BCUT2D eigenvalue weighted by Crippen LogP contribution is -2.14. The molecule has 8 nitrogen and oxygen atoms in total. The number of aromatic nitrogens is 2. The molecule has 1 amide bonds. The number of amides is 1. The monoisotopic (exact) mass is 705 g/mol. The molecule has 0 spiro atoms. The molecule has 4 aromatic carbocycles. The number of halogens is 3. The van der Waals surface area contributed by atoms with Crippen molar-refractivity contribution in [2.45, 2.75) is 49.5 Å². The summed E-state index contributed by atoms with van der Waals surface area (Å²) in [4.78, 5) is 30.4. The Balaban J connectivity index is 1.11. The summed E-state index contributed by atoms with van der Waals surface area (Å²) < 4.78 is 41.4. The van der Waals surface area contributed by atoms with Crippen LogP contribution in [0.5, 0.6) is 0 Å². The lowest BCUT2D eigenvalue weighted by Gasteiger charge is -2.17. The highest BCUT2D eigenvalue weighted by molar-refractivity contribution is 7.93. The van der Waals surface area contributed by atoms with Crippen molar-refractivity contribution in [2.24, 2.45) is 4.36 Å². The first-order chi connectivity index (χ1) is 23.1. The van der Waals surface area contributed by atoms with Crippen LogP contribution >= 0.6 is 23.2 Å². The number of hydrogen-bond acceptors (Lipinski definition) is 7. The minimum Gasteiger partial charge on any atom is -0.443 e. The summed E-state index contributed by atoms with van der Waals surface area (Å²) >= 11 is 13.5. The predicted octanol–water partition coefficient (Wildman–Crippen LogP) is 8.80. The minimum atomic E-state index is -3.05. The van der Waals surface area contributed by atoms with Crippen LogP contribution in [0.25, 0.3) is 11.5 Å². The third-order valence-corrected chi connectivity index (χ3v) is 11.0. The first-order valence-corrected chi connectivity index (χ1v) is 17.7. The SMILES string of the molecule is CCS(=O)(=NC(=O)OCc1ccccc1)c1ccc(CC(=O)Cc2cc(Cl)c(C3(c4noc(-c5ccc(F)cc5)n4)CC3)c(Cl)c2)cc1. The molecule has 0 bridgehead atoms. The average Bonchev–Trinajstić information content (AvgIpc) is 3.70. The molecule has 5 aromatic rings. The predicted molar refractivity (Wildman–Crippen MR) is 181 cm³/mol. The number of ether oxygens (including phenoxy) is 1. The van der Waals surface area contributed by atoms with Crippen molar-refractivity contribution in [3.8, 4) is 11.5 Å². The maximum Gasteiger partial charge on any atom is 0.442 e. The Bertz CT molecular complexity index is 2070. The van der Waals surface area contributed by atoms with Gasteiger partial charge in [-0.25, -0.2) is 13.4 Å². The normalized spacial score (nSPS) is 14.6. The van der Waals surface area contributed by atoms with Gasteiger partial charge in [0.25, 0.3) is 5.89 Å². The third-order valence-electron chi connectivity index (χ3n) is 8.19. The molecule has 1 unspecified atom stereocenters. The molecule has 1 atom stereocenters. The van der Waals surface area contributed by atoms with Crippen molar-refractivity contribution < 1.29 is 27.4 Å². The van der Waals surface area contributed by atoms with Gasteiger partial charge in [0.05, 0.1) is 15.1 Å². The smallest absolute Gasteiger partial charge is 0.442 e. The van der Waals surface area contributed by atoms with Gasteiger partial charge in [-0.05, 0) is 78.1 Å². The summed E-state index contributed by atoms with van der Waals surface area (Å²) in [6, 6.07) is 25.1. The highest BCUT2D eigenvalue weighted by atomic mass is 35.5. The number of rotatable bonds is 11. The number of nitrogens with zero attached hydrogens (tertiary/aromatic N) is 3. The molecule has 0 saturated heterocycles. The van der Waals surface area contributed by atoms with Crippen LogP contribution in [0.2, 0.25) is 10.0 Å². The molecule has 0 N–H and O–H groups in total. The van der Waals surface area contributed by atoms with E-state index in [4.69, 9.17) is 32.5 Å². The standard InChI is InChI=1S/C36H30Cl2FN3O5S/c1-2-48(45,42-35(44)46-22-24-6-4-3-5-7-24)29-14-8-23(9-15-29)18-28(43)19-25-20-30(37)32(31(38)21-25)36(16-17-36)34-40-33(47-41-34)26-10-12-27(39)13-11-26/h3-15,20-21H,2,16-19,22H2,1H3. The Hall–Kier alpha value is -4.38. The first-order valence-electron chi connectivity index (χ1n) is 15.2. The molecular formula is C36H30Cl2FN3O5S. The van der Waals surface area contributed by atoms with Crippen LogP contribution < -0.4 is 0 Å². The topological polar surface area (TPSA) is 112 Å². The Morgan fingerprint density at radius 2 is 1.56 bits per heavy atom. The van der Waals surface area contributed by atoms with Crippen LogP contribution in [-0.2, 0) is 44.1 Å². The zero-order valence-electron chi connectivity index (χ0n) is 25.8. The van der Waals surface area contributed by atoms with Gasteiger partial charge in [-0.15, -0.1) is 4.36 Å². The lowest BCUT2D eigenvalue weighted by atomic mass is 9.92. The molecule has 1 aliphatic carbocycles. The van der Waals surface area contributed by atoms with Gasteiger partial charge in [0.2, 0.25) is 0 Å². The summed E-state index contributed by atoms with van der Waals surface area (Å²) in [7, 11) is -3.05. The third kappa shape index (κ3) is 7.36. The molecule has 48 heavy (non-hydrogen) atoms. The van der Waals surface area contributed by atoms with Crippen LogP contribution in [0, 0.1) is 5.82 Å². The summed E-state index contributed by atoms with van der Waals surface area (Å²) in [6.07, 6.45) is 0.762. The largest absolute Gasteiger partial charge is 0.443 e. The van der Waals surface area contributed by atoms with Gasteiger partial charge in [0.1, 0.15) is 18.2 Å². The van der Waals surface area contributed by atoms with E-state index in [-0.39, 0.29) is 42.7 Å². The van der Waals surface area contributed by atoms with Crippen LogP contribution in [0.15, 0.2) is 105 Å². The van der Waals surface area contributed by atoms with Gasteiger partial charge in [-0.2, -0.15) is 4.98 Å². The zero-order chi connectivity index (χ0) is 33.9. The van der Waals surface area contributed by atoms with Crippen molar-refractivity contribution in [3.05, 3.63) is 135 Å². The zero-order valence-corrected chi connectivity index (χ0v) is 28.2. The number of carbonyl (C=O) groups is 2. The number of hydrogen-bond donors (Lipinski definition) is 0. The van der Waals surface area contributed by atoms with Crippen molar-refractivity contribution in [1.29, 1.82) is 0 Å². The second kappa shape index (κ2) is 14.0. The fraction of sp³-hybridized carbons (Fsp3) is 0.222. The van der Waals surface area contributed by atoms with E-state index < -0.39 is 21.2 Å². The van der Waals surface area contributed by atoms with Gasteiger partial charge >= 0.3 is 6.09 Å². The molecule has 12 heteroatoms. The van der Waals surface area contributed by atoms with E-state index >= 15 is 0 Å². The van der Waals surface area contributed by atoms with Crippen LogP contribution in [0.3, 0.4) is 0 Å². The molecule has 1 saturated carbocycles. The summed E-state index contributed by atoms with van der Waals surface area (Å²) in [5.74, 6) is 0.398. The quantitative estimate of drug-likeness (QED) is 0.135. The number of carbonyl (C=O) groups excluding carboxylic acids is 2. The summed E-state index contributed by atoms with van der Waals surface area (Å²) in [6.45, 7) is 1.72. The van der Waals surface area contributed by atoms with Crippen molar-refractivity contribution in [1.82, 2.24) is 10.1 Å². The summed E-state index contributed by atoms with van der Waals surface area (Å²) in [5, 5.41) is 4.99. The highest BCUT2D eigenvalue weighted by Gasteiger charge is 2.52. The molecule has 1 aliphatic rings. The second-order valence-electron chi connectivity index (χ2n) is 11.5. The van der Waals surface area contributed by atoms with Gasteiger partial charge in [-0.3, -0.25) is 4.79 Å². The molecule has 1 fully saturated rings. The van der Waals surface area contributed by atoms with Crippen molar-refractivity contribution >= 4 is 44.8 Å². The molecule has 1 heterocycles. The average molecular weight is 707 g/mol. The molecule has 6 rings (SSSR count). The van der Waals surface area contributed by atoms with E-state index in [1.165, 1.54) is 12.1 Å². The van der Waals surface area contributed by atoms with Gasteiger partial charge < -0.3 is 9.26 Å². The molecular weight excluding hydrogens is 676 g/mol. The molecule has 0 radical (unpaired) electrons. The van der Waals surface area contributed by atoms with Gasteiger partial charge in [-0.1, -0.05) is 77.7 Å². The highest BCUT2D eigenvalue weighted by Crippen LogP contribution is 2.56.